The molecular weight excluding hydrogens is 273 g/mol. The molecule has 1 aromatic rings. The van der Waals surface area contributed by atoms with Gasteiger partial charge in [0.05, 0.1) is 11.7 Å². The van der Waals surface area contributed by atoms with Crippen molar-refractivity contribution in [3.63, 3.8) is 0 Å². The number of nitrogens with zero attached hydrogens (tertiary/aromatic N) is 1. The van der Waals surface area contributed by atoms with Crippen molar-refractivity contribution in [1.82, 2.24) is 10.3 Å². The minimum absolute atomic E-state index is 0. The second-order valence-electron chi connectivity index (χ2n) is 4.13. The van der Waals surface area contributed by atoms with Gasteiger partial charge < -0.3 is 11.1 Å². The molecule has 0 radical (unpaired) electrons. The van der Waals surface area contributed by atoms with Gasteiger partial charge >= 0.3 is 0 Å². The molecule has 6 heteroatoms. The Kier molecular flexibility index (Phi) is 9.90. The molecule has 0 saturated carbocycles. The number of nitrogens with one attached hydrogen (secondary N) is 1. The van der Waals surface area contributed by atoms with Crippen molar-refractivity contribution in [3.05, 3.63) is 30.1 Å². The molecule has 3 N–H and O–H groups in total. The summed E-state index contributed by atoms with van der Waals surface area (Å²) in [6.45, 7) is 5.56. The van der Waals surface area contributed by atoms with Gasteiger partial charge in [-0.25, -0.2) is 0 Å². The molecule has 0 aliphatic carbocycles. The second-order valence-corrected chi connectivity index (χ2v) is 4.13. The molecule has 0 spiro atoms. The Bertz CT molecular complexity index is 346. The number of amides is 1. The molecule has 18 heavy (non-hydrogen) atoms. The maximum Gasteiger partial charge on any atom is 0.224 e. The van der Waals surface area contributed by atoms with E-state index in [0.717, 1.165) is 5.69 Å². The Morgan fingerprint density at radius 2 is 1.89 bits per heavy atom. The average Bonchev–Trinajstić information content (AvgIpc) is 2.28. The zero-order valence-electron chi connectivity index (χ0n) is 10.8. The summed E-state index contributed by atoms with van der Waals surface area (Å²) in [6, 6.07) is 5.41. The lowest BCUT2D eigenvalue weighted by Gasteiger charge is -2.19. The van der Waals surface area contributed by atoms with Crippen molar-refractivity contribution in [2.24, 2.45) is 11.7 Å². The molecule has 1 aromatic heterocycles. The molecule has 0 aliphatic rings. The van der Waals surface area contributed by atoms with E-state index in [9.17, 15) is 4.79 Å². The van der Waals surface area contributed by atoms with E-state index >= 15 is 0 Å². The van der Waals surface area contributed by atoms with Crippen molar-refractivity contribution in [3.8, 4) is 0 Å². The van der Waals surface area contributed by atoms with E-state index in [1.54, 1.807) is 6.20 Å². The van der Waals surface area contributed by atoms with Gasteiger partial charge in [-0.3, -0.25) is 9.78 Å². The first kappa shape index (κ1) is 19.5. The third kappa shape index (κ3) is 5.67. The first-order valence-corrected chi connectivity index (χ1v) is 5.49. The van der Waals surface area contributed by atoms with Crippen molar-refractivity contribution in [2.75, 3.05) is 0 Å². The molecule has 1 rings (SSSR count). The van der Waals surface area contributed by atoms with E-state index in [1.807, 2.05) is 39.0 Å². The van der Waals surface area contributed by atoms with E-state index < -0.39 is 0 Å². The first-order chi connectivity index (χ1) is 7.52. The number of halogens is 2. The third-order valence-corrected chi connectivity index (χ3v) is 2.69. The molecule has 0 aromatic carbocycles. The molecule has 3 atom stereocenters. The van der Waals surface area contributed by atoms with Crippen molar-refractivity contribution >= 4 is 30.7 Å². The topological polar surface area (TPSA) is 68.0 Å². The summed E-state index contributed by atoms with van der Waals surface area (Å²) in [4.78, 5) is 15.9. The SMILES string of the molecule is CC(NC(=O)C(C)C(C)N)c1ccccn1.Cl.Cl. The van der Waals surface area contributed by atoms with Gasteiger partial charge in [0.2, 0.25) is 5.91 Å². The van der Waals surface area contributed by atoms with Gasteiger partial charge in [-0.2, -0.15) is 0 Å². The van der Waals surface area contributed by atoms with Crippen LogP contribution in [0.25, 0.3) is 0 Å². The zero-order chi connectivity index (χ0) is 12.1. The quantitative estimate of drug-likeness (QED) is 0.893. The van der Waals surface area contributed by atoms with Gasteiger partial charge in [0.1, 0.15) is 0 Å². The maximum atomic E-state index is 11.7. The standard InChI is InChI=1S/C12H19N3O.2ClH/c1-8(9(2)13)12(16)15-10(3)11-6-4-5-7-14-11;;/h4-10H,13H2,1-3H3,(H,15,16);2*1H. The third-order valence-electron chi connectivity index (χ3n) is 2.69. The Morgan fingerprint density at radius 1 is 1.28 bits per heavy atom. The Labute approximate surface area is 121 Å². The predicted octanol–water partition coefficient (Wildman–Crippen LogP) is 2.09. The Balaban J connectivity index is 0. The van der Waals surface area contributed by atoms with Crippen LogP contribution in [0.4, 0.5) is 0 Å². The highest BCUT2D eigenvalue weighted by molar-refractivity contribution is 5.85. The van der Waals surface area contributed by atoms with E-state index in [2.05, 4.69) is 10.3 Å². The normalized spacial score (nSPS) is 14.4. The minimum atomic E-state index is -0.189. The number of carbonyl (C=O) groups excluding carboxylic acids is 1. The fourth-order valence-corrected chi connectivity index (χ4v) is 1.29. The lowest BCUT2D eigenvalue weighted by molar-refractivity contribution is -0.125. The molecule has 4 nitrogen and oxygen atoms in total. The molecule has 3 unspecified atom stereocenters. The number of hydrogen-bond donors (Lipinski definition) is 2. The van der Waals surface area contributed by atoms with E-state index in [-0.39, 0.29) is 48.7 Å². The molecule has 0 fully saturated rings. The van der Waals surface area contributed by atoms with Gasteiger partial charge in [0.15, 0.2) is 0 Å². The summed E-state index contributed by atoms with van der Waals surface area (Å²) in [5.74, 6) is -0.223. The summed E-state index contributed by atoms with van der Waals surface area (Å²) >= 11 is 0. The largest absolute Gasteiger partial charge is 0.348 e. The molecular formula is C12H21Cl2N3O. The number of rotatable bonds is 4. The van der Waals surface area contributed by atoms with Crippen LogP contribution in [0.2, 0.25) is 0 Å². The highest BCUT2D eigenvalue weighted by Gasteiger charge is 2.19. The lowest BCUT2D eigenvalue weighted by Crippen LogP contribution is -2.39. The van der Waals surface area contributed by atoms with Crippen molar-refractivity contribution in [2.45, 2.75) is 32.9 Å². The highest BCUT2D eigenvalue weighted by atomic mass is 35.5. The van der Waals surface area contributed by atoms with E-state index in [1.165, 1.54) is 0 Å². The van der Waals surface area contributed by atoms with Gasteiger partial charge in [-0.15, -0.1) is 24.8 Å². The van der Waals surface area contributed by atoms with Gasteiger partial charge in [-0.1, -0.05) is 13.0 Å². The van der Waals surface area contributed by atoms with Gasteiger partial charge in [0, 0.05) is 18.2 Å². The minimum Gasteiger partial charge on any atom is -0.348 e. The molecule has 0 aliphatic heterocycles. The van der Waals surface area contributed by atoms with Crippen LogP contribution >= 0.6 is 24.8 Å². The molecule has 0 saturated heterocycles. The van der Waals surface area contributed by atoms with Crippen LogP contribution in [0.15, 0.2) is 24.4 Å². The second kappa shape index (κ2) is 9.14. The van der Waals surface area contributed by atoms with Crippen molar-refractivity contribution < 1.29 is 4.79 Å². The van der Waals surface area contributed by atoms with Crippen molar-refractivity contribution in [1.29, 1.82) is 0 Å². The zero-order valence-corrected chi connectivity index (χ0v) is 12.4. The Hall–Kier alpha value is -0.840. The summed E-state index contributed by atoms with van der Waals surface area (Å²) < 4.78 is 0. The molecule has 0 bridgehead atoms. The predicted molar refractivity (Wildman–Crippen MR) is 78.1 cm³/mol. The summed E-state index contributed by atoms with van der Waals surface area (Å²) in [5.41, 5.74) is 6.53. The van der Waals surface area contributed by atoms with Crippen LogP contribution in [-0.4, -0.2) is 16.9 Å². The lowest BCUT2D eigenvalue weighted by atomic mass is 10.0. The van der Waals surface area contributed by atoms with E-state index in [4.69, 9.17) is 5.73 Å². The highest BCUT2D eigenvalue weighted by Crippen LogP contribution is 2.10. The fourth-order valence-electron chi connectivity index (χ4n) is 1.29. The van der Waals surface area contributed by atoms with Crippen LogP contribution in [0, 0.1) is 5.92 Å². The number of nitrogens with two attached hydrogens (primary N) is 1. The smallest absolute Gasteiger partial charge is 0.224 e. The first-order valence-electron chi connectivity index (χ1n) is 5.49. The van der Waals surface area contributed by atoms with Crippen LogP contribution in [-0.2, 0) is 4.79 Å². The van der Waals surface area contributed by atoms with Crippen LogP contribution in [0.1, 0.15) is 32.5 Å². The summed E-state index contributed by atoms with van der Waals surface area (Å²) in [6.07, 6.45) is 1.72. The molecule has 104 valence electrons. The number of pyridine rings is 1. The molecule has 1 heterocycles. The fraction of sp³-hybridized carbons (Fsp3) is 0.500. The number of hydrogen-bond acceptors (Lipinski definition) is 3. The summed E-state index contributed by atoms with van der Waals surface area (Å²) in [7, 11) is 0. The number of carbonyl (C=O) groups is 1. The summed E-state index contributed by atoms with van der Waals surface area (Å²) in [5, 5.41) is 2.90. The Morgan fingerprint density at radius 3 is 2.33 bits per heavy atom. The number of aromatic nitrogens is 1. The van der Waals surface area contributed by atoms with Crippen LogP contribution in [0.5, 0.6) is 0 Å². The van der Waals surface area contributed by atoms with Crippen LogP contribution in [0.3, 0.4) is 0 Å². The maximum absolute atomic E-state index is 11.7. The average molecular weight is 294 g/mol. The molecule has 1 amide bonds. The monoisotopic (exact) mass is 293 g/mol. The van der Waals surface area contributed by atoms with Gasteiger partial charge in [0.25, 0.3) is 0 Å². The van der Waals surface area contributed by atoms with Crippen LogP contribution < -0.4 is 11.1 Å². The van der Waals surface area contributed by atoms with E-state index in [0.29, 0.717) is 0 Å². The van der Waals surface area contributed by atoms with Gasteiger partial charge in [-0.05, 0) is 26.0 Å².